The summed E-state index contributed by atoms with van der Waals surface area (Å²) < 4.78 is 0. The Morgan fingerprint density at radius 1 is 1.39 bits per heavy atom. The van der Waals surface area contributed by atoms with E-state index in [9.17, 15) is 9.59 Å². The number of hydrogen-bond donors (Lipinski definition) is 2. The molecule has 0 bridgehead atoms. The van der Waals surface area contributed by atoms with E-state index in [1.54, 1.807) is 37.4 Å². The summed E-state index contributed by atoms with van der Waals surface area (Å²) in [6, 6.07) is 8.83. The molecular weight excluding hydrogens is 312 g/mol. The Bertz CT molecular complexity index is 821. The molecule has 0 aliphatic heterocycles. The number of carbonyl (C=O) groups excluding carboxylic acids is 1. The second-order valence-corrected chi connectivity index (χ2v) is 5.78. The average molecular weight is 328 g/mol. The summed E-state index contributed by atoms with van der Waals surface area (Å²) in [5, 5.41) is 12.1. The molecule has 1 unspecified atom stereocenters. The molecule has 0 aliphatic rings. The number of carbonyl (C=O) groups is 1. The minimum absolute atomic E-state index is 0.240. The van der Waals surface area contributed by atoms with Gasteiger partial charge in [0.25, 0.3) is 5.91 Å². The molecule has 118 valence electrons. The number of nitriles is 1. The highest BCUT2D eigenvalue weighted by molar-refractivity contribution is 7.98. The monoisotopic (exact) mass is 328 g/mol. The molecule has 1 aromatic heterocycles. The second-order valence-electron chi connectivity index (χ2n) is 4.98. The molecule has 0 radical (unpaired) electrons. The van der Waals surface area contributed by atoms with Crippen molar-refractivity contribution >= 4 is 17.7 Å². The second kappa shape index (κ2) is 7.11. The van der Waals surface area contributed by atoms with Gasteiger partial charge in [-0.2, -0.15) is 10.2 Å². The van der Waals surface area contributed by atoms with Crippen LogP contribution in [0.4, 0.5) is 0 Å². The van der Waals surface area contributed by atoms with Gasteiger partial charge < -0.3 is 10.3 Å². The van der Waals surface area contributed by atoms with Crippen LogP contribution in [0.3, 0.4) is 0 Å². The zero-order chi connectivity index (χ0) is 17.0. The zero-order valence-electron chi connectivity index (χ0n) is 13.0. The Balaban J connectivity index is 2.25. The largest absolute Gasteiger partial charge is 0.346 e. The summed E-state index contributed by atoms with van der Waals surface area (Å²) in [6.07, 6.45) is 1.77. The Labute approximate surface area is 138 Å². The van der Waals surface area contributed by atoms with Crippen molar-refractivity contribution in [1.29, 1.82) is 5.26 Å². The van der Waals surface area contributed by atoms with Gasteiger partial charge in [-0.3, -0.25) is 4.79 Å². The van der Waals surface area contributed by atoms with Crippen molar-refractivity contribution in [2.45, 2.75) is 24.9 Å². The van der Waals surface area contributed by atoms with Crippen LogP contribution in [0.2, 0.25) is 0 Å². The smallest absolute Gasteiger partial charge is 0.345 e. The molecule has 0 spiro atoms. The number of rotatable bonds is 4. The summed E-state index contributed by atoms with van der Waals surface area (Å²) >= 11 is 1.25. The Morgan fingerprint density at radius 2 is 2.04 bits per heavy atom. The number of aryl methyl sites for hydroxylation is 1. The van der Waals surface area contributed by atoms with Gasteiger partial charge in [0, 0.05) is 5.69 Å². The van der Waals surface area contributed by atoms with E-state index in [0.717, 1.165) is 5.56 Å². The lowest BCUT2D eigenvalue weighted by atomic mass is 10.1. The van der Waals surface area contributed by atoms with Crippen molar-refractivity contribution in [2.24, 2.45) is 0 Å². The third kappa shape index (κ3) is 3.79. The highest BCUT2D eigenvalue weighted by atomic mass is 32.2. The van der Waals surface area contributed by atoms with Crippen LogP contribution in [0.5, 0.6) is 0 Å². The molecule has 7 heteroatoms. The molecule has 0 saturated carbocycles. The highest BCUT2D eigenvalue weighted by Crippen LogP contribution is 2.20. The van der Waals surface area contributed by atoms with Crippen LogP contribution < -0.4 is 11.0 Å². The molecule has 2 aromatic rings. The number of aromatic amines is 1. The lowest BCUT2D eigenvalue weighted by Gasteiger charge is -2.16. The number of benzene rings is 1. The van der Waals surface area contributed by atoms with Crippen molar-refractivity contribution in [3.8, 4) is 6.07 Å². The standard InChI is InChI=1S/C16H16N4O2S/c1-9(12-6-4-11(8-17)5-7-12)18-14(21)13-10(2)19-16(22)20-15(13)23-3/h4-7,9H,1-3H3,(H,18,21)(H,19,20,22). The Kier molecular flexibility index (Phi) is 5.19. The van der Waals surface area contributed by atoms with Crippen LogP contribution in [0.25, 0.3) is 0 Å². The van der Waals surface area contributed by atoms with Crippen molar-refractivity contribution in [1.82, 2.24) is 15.3 Å². The molecule has 6 nitrogen and oxygen atoms in total. The van der Waals surface area contributed by atoms with Crippen LogP contribution in [0, 0.1) is 18.3 Å². The van der Waals surface area contributed by atoms with E-state index in [4.69, 9.17) is 5.26 Å². The molecule has 0 aliphatic carbocycles. The number of nitrogens with one attached hydrogen (secondary N) is 2. The summed E-state index contributed by atoms with van der Waals surface area (Å²) in [6.45, 7) is 3.52. The summed E-state index contributed by atoms with van der Waals surface area (Å²) in [7, 11) is 0. The quantitative estimate of drug-likeness (QED) is 0.662. The summed E-state index contributed by atoms with van der Waals surface area (Å²) in [5.41, 5.74) is 1.84. The summed E-state index contributed by atoms with van der Waals surface area (Å²) in [5.74, 6) is -0.299. The maximum atomic E-state index is 12.5. The van der Waals surface area contributed by atoms with Gasteiger partial charge in [0.15, 0.2) is 0 Å². The topological polar surface area (TPSA) is 98.6 Å². The van der Waals surface area contributed by atoms with E-state index in [1.807, 2.05) is 6.92 Å². The van der Waals surface area contributed by atoms with Crippen LogP contribution in [0.15, 0.2) is 34.1 Å². The van der Waals surface area contributed by atoms with Crippen molar-refractivity contribution in [3.05, 3.63) is 57.1 Å². The minimum Gasteiger partial charge on any atom is -0.345 e. The number of thioether (sulfide) groups is 1. The molecule has 1 atom stereocenters. The first kappa shape index (κ1) is 16.8. The van der Waals surface area contributed by atoms with E-state index >= 15 is 0 Å². The maximum absolute atomic E-state index is 12.5. The lowest BCUT2D eigenvalue weighted by molar-refractivity contribution is 0.0935. The first-order valence-corrected chi connectivity index (χ1v) is 8.14. The fraction of sp³-hybridized carbons (Fsp3) is 0.250. The number of nitrogens with zero attached hydrogens (tertiary/aromatic N) is 2. The van der Waals surface area contributed by atoms with Gasteiger partial charge in [0.05, 0.1) is 23.2 Å². The van der Waals surface area contributed by atoms with Crippen LogP contribution in [-0.4, -0.2) is 22.1 Å². The predicted octanol–water partition coefficient (Wildman–Crippen LogP) is 2.16. The van der Waals surface area contributed by atoms with Gasteiger partial charge in [-0.1, -0.05) is 12.1 Å². The normalized spacial score (nSPS) is 11.6. The molecule has 2 rings (SSSR count). The van der Waals surface area contributed by atoms with E-state index < -0.39 is 5.69 Å². The van der Waals surface area contributed by atoms with Crippen molar-refractivity contribution < 1.29 is 4.79 Å². The van der Waals surface area contributed by atoms with E-state index in [0.29, 0.717) is 21.8 Å². The molecular formula is C16H16N4O2S. The number of amides is 1. The third-order valence-electron chi connectivity index (χ3n) is 3.39. The Hall–Kier alpha value is -2.59. The average Bonchev–Trinajstić information content (AvgIpc) is 2.53. The minimum atomic E-state index is -0.469. The first-order valence-electron chi connectivity index (χ1n) is 6.92. The van der Waals surface area contributed by atoms with E-state index in [1.165, 1.54) is 11.8 Å². The molecule has 1 amide bonds. The first-order chi connectivity index (χ1) is 11.0. The van der Waals surface area contributed by atoms with Gasteiger partial charge >= 0.3 is 5.69 Å². The highest BCUT2D eigenvalue weighted by Gasteiger charge is 2.19. The molecule has 1 aromatic carbocycles. The number of aromatic nitrogens is 2. The third-order valence-corrected chi connectivity index (χ3v) is 4.08. The van der Waals surface area contributed by atoms with Crippen LogP contribution >= 0.6 is 11.8 Å². The molecule has 0 saturated heterocycles. The molecule has 0 fully saturated rings. The fourth-order valence-corrected chi connectivity index (χ4v) is 2.80. The molecule has 23 heavy (non-hydrogen) atoms. The van der Waals surface area contributed by atoms with Gasteiger partial charge in [-0.05, 0) is 37.8 Å². The Morgan fingerprint density at radius 3 is 2.61 bits per heavy atom. The maximum Gasteiger partial charge on any atom is 0.346 e. The van der Waals surface area contributed by atoms with Crippen LogP contribution in [0.1, 0.15) is 40.1 Å². The van der Waals surface area contributed by atoms with E-state index in [-0.39, 0.29) is 11.9 Å². The zero-order valence-corrected chi connectivity index (χ0v) is 13.8. The van der Waals surface area contributed by atoms with Crippen molar-refractivity contribution in [2.75, 3.05) is 6.26 Å². The predicted molar refractivity (Wildman–Crippen MR) is 88.4 cm³/mol. The summed E-state index contributed by atoms with van der Waals surface area (Å²) in [4.78, 5) is 30.3. The van der Waals surface area contributed by atoms with Gasteiger partial charge in [-0.25, -0.2) is 4.79 Å². The van der Waals surface area contributed by atoms with Gasteiger partial charge in [0.2, 0.25) is 0 Å². The lowest BCUT2D eigenvalue weighted by Crippen LogP contribution is -2.30. The molecule has 2 N–H and O–H groups in total. The number of hydrogen-bond acceptors (Lipinski definition) is 5. The number of H-pyrrole nitrogens is 1. The molecule has 1 heterocycles. The van der Waals surface area contributed by atoms with Gasteiger partial charge in [-0.15, -0.1) is 11.8 Å². The van der Waals surface area contributed by atoms with Crippen molar-refractivity contribution in [3.63, 3.8) is 0 Å². The fourth-order valence-electron chi connectivity index (χ4n) is 2.17. The van der Waals surface area contributed by atoms with Crippen LogP contribution in [-0.2, 0) is 0 Å². The van der Waals surface area contributed by atoms with E-state index in [2.05, 4.69) is 21.4 Å². The SMILES string of the molecule is CSc1nc(=O)[nH]c(C)c1C(=O)NC(C)c1ccc(C#N)cc1. The van der Waals surface area contributed by atoms with Gasteiger partial charge in [0.1, 0.15) is 5.03 Å².